The number of amides is 1. The first-order chi connectivity index (χ1) is 11.0. The summed E-state index contributed by atoms with van der Waals surface area (Å²) < 4.78 is 5.35. The lowest BCUT2D eigenvalue weighted by Crippen LogP contribution is -2.28. The maximum atomic E-state index is 11.7. The van der Waals surface area contributed by atoms with Crippen LogP contribution >= 0.6 is 11.6 Å². The average Bonchev–Trinajstić information content (AvgIpc) is 2.52. The lowest BCUT2D eigenvalue weighted by Gasteiger charge is -2.08. The Morgan fingerprint density at radius 1 is 1.09 bits per heavy atom. The second-order valence-corrected chi connectivity index (χ2v) is 5.35. The Kier molecular flexibility index (Phi) is 6.00. The molecule has 23 heavy (non-hydrogen) atoms. The molecule has 0 heterocycles. The van der Waals surface area contributed by atoms with E-state index in [1.165, 1.54) is 0 Å². The van der Waals surface area contributed by atoms with Gasteiger partial charge in [0.1, 0.15) is 5.75 Å². The van der Waals surface area contributed by atoms with Gasteiger partial charge < -0.3 is 15.2 Å². The zero-order valence-corrected chi connectivity index (χ0v) is 13.0. The van der Waals surface area contributed by atoms with E-state index in [-0.39, 0.29) is 18.9 Å². The Labute approximate surface area is 138 Å². The summed E-state index contributed by atoms with van der Waals surface area (Å²) in [7, 11) is 0. The van der Waals surface area contributed by atoms with E-state index < -0.39 is 5.97 Å². The van der Waals surface area contributed by atoms with Gasteiger partial charge in [0.2, 0.25) is 0 Å². The molecule has 120 valence electrons. The Morgan fingerprint density at radius 2 is 1.83 bits per heavy atom. The van der Waals surface area contributed by atoms with Crippen LogP contribution < -0.4 is 10.1 Å². The van der Waals surface area contributed by atoms with E-state index in [0.29, 0.717) is 22.9 Å². The van der Waals surface area contributed by atoms with Crippen LogP contribution in [0.25, 0.3) is 0 Å². The minimum Gasteiger partial charge on any atom is -0.484 e. The highest BCUT2D eigenvalue weighted by molar-refractivity contribution is 6.30. The monoisotopic (exact) mass is 333 g/mol. The van der Waals surface area contributed by atoms with Gasteiger partial charge in [-0.3, -0.25) is 9.59 Å². The van der Waals surface area contributed by atoms with E-state index in [2.05, 4.69) is 5.32 Å². The van der Waals surface area contributed by atoms with Crippen LogP contribution in [-0.2, 0) is 22.6 Å². The highest BCUT2D eigenvalue weighted by Crippen LogP contribution is 2.13. The van der Waals surface area contributed by atoms with E-state index in [1.807, 2.05) is 12.1 Å². The molecule has 0 aliphatic carbocycles. The molecule has 5 nitrogen and oxygen atoms in total. The zero-order chi connectivity index (χ0) is 16.7. The van der Waals surface area contributed by atoms with Gasteiger partial charge in [-0.25, -0.2) is 0 Å². The van der Waals surface area contributed by atoms with E-state index in [4.69, 9.17) is 21.4 Å². The lowest BCUT2D eigenvalue weighted by molar-refractivity contribution is -0.136. The van der Waals surface area contributed by atoms with Crippen molar-refractivity contribution in [3.05, 3.63) is 64.7 Å². The first-order valence-electron chi connectivity index (χ1n) is 6.97. The SMILES string of the molecule is O=C(O)Cc1ccc(OCC(=O)NCc2cccc(Cl)c2)cc1. The Bertz CT molecular complexity index is 685. The van der Waals surface area contributed by atoms with Gasteiger partial charge in [0.05, 0.1) is 6.42 Å². The topological polar surface area (TPSA) is 75.6 Å². The zero-order valence-electron chi connectivity index (χ0n) is 12.3. The van der Waals surface area contributed by atoms with Crippen molar-refractivity contribution in [1.82, 2.24) is 5.32 Å². The second-order valence-electron chi connectivity index (χ2n) is 4.91. The van der Waals surface area contributed by atoms with Crippen LogP contribution in [0.15, 0.2) is 48.5 Å². The number of hydrogen-bond donors (Lipinski definition) is 2. The van der Waals surface area contributed by atoms with Crippen LogP contribution in [0.5, 0.6) is 5.75 Å². The Morgan fingerprint density at radius 3 is 2.48 bits per heavy atom. The third-order valence-corrected chi connectivity index (χ3v) is 3.26. The van der Waals surface area contributed by atoms with Crippen molar-refractivity contribution in [2.24, 2.45) is 0 Å². The molecule has 0 saturated heterocycles. The summed E-state index contributed by atoms with van der Waals surface area (Å²) in [4.78, 5) is 22.3. The average molecular weight is 334 g/mol. The van der Waals surface area contributed by atoms with E-state index in [1.54, 1.807) is 36.4 Å². The van der Waals surface area contributed by atoms with Crippen molar-refractivity contribution in [3.8, 4) is 5.75 Å². The van der Waals surface area contributed by atoms with Gasteiger partial charge >= 0.3 is 5.97 Å². The summed E-state index contributed by atoms with van der Waals surface area (Å²) in [5, 5.41) is 12.0. The van der Waals surface area contributed by atoms with Crippen molar-refractivity contribution in [2.75, 3.05) is 6.61 Å². The van der Waals surface area contributed by atoms with Crippen molar-refractivity contribution in [3.63, 3.8) is 0 Å². The molecule has 0 radical (unpaired) electrons. The van der Waals surface area contributed by atoms with Crippen molar-refractivity contribution >= 4 is 23.5 Å². The lowest BCUT2D eigenvalue weighted by atomic mass is 10.1. The number of carbonyl (C=O) groups is 2. The van der Waals surface area contributed by atoms with Gasteiger partial charge in [0.25, 0.3) is 5.91 Å². The third-order valence-electron chi connectivity index (χ3n) is 3.03. The number of rotatable bonds is 7. The van der Waals surface area contributed by atoms with Gasteiger partial charge in [0.15, 0.2) is 6.61 Å². The van der Waals surface area contributed by atoms with E-state index in [9.17, 15) is 9.59 Å². The molecule has 0 saturated carbocycles. The molecule has 0 bridgehead atoms. The van der Waals surface area contributed by atoms with E-state index >= 15 is 0 Å². The fourth-order valence-corrected chi connectivity index (χ4v) is 2.14. The normalized spacial score (nSPS) is 10.1. The number of carbonyl (C=O) groups excluding carboxylic acids is 1. The molecule has 0 aliphatic rings. The number of benzene rings is 2. The number of halogens is 1. The number of nitrogens with one attached hydrogen (secondary N) is 1. The number of carboxylic acids is 1. The molecule has 2 aromatic rings. The summed E-state index contributed by atoms with van der Waals surface area (Å²) in [5.41, 5.74) is 1.58. The van der Waals surface area contributed by atoms with Crippen LogP contribution in [0, 0.1) is 0 Å². The van der Waals surface area contributed by atoms with Gasteiger partial charge in [-0.1, -0.05) is 35.9 Å². The molecule has 1 amide bonds. The molecule has 0 aliphatic heterocycles. The molecule has 2 rings (SSSR count). The Balaban J connectivity index is 1.76. The molecule has 0 aromatic heterocycles. The standard InChI is InChI=1S/C17H16ClNO4/c18-14-3-1-2-13(8-14)10-19-16(20)11-23-15-6-4-12(5-7-15)9-17(21)22/h1-8H,9-11H2,(H,19,20)(H,21,22). The van der Waals surface area contributed by atoms with Gasteiger partial charge in [-0.05, 0) is 35.4 Å². The van der Waals surface area contributed by atoms with Crippen molar-refractivity contribution < 1.29 is 19.4 Å². The van der Waals surface area contributed by atoms with Gasteiger partial charge in [-0.15, -0.1) is 0 Å². The summed E-state index contributed by atoms with van der Waals surface area (Å²) in [6.07, 6.45) is -0.0413. The van der Waals surface area contributed by atoms with Crippen LogP contribution in [0.4, 0.5) is 0 Å². The maximum Gasteiger partial charge on any atom is 0.307 e. The molecule has 0 fully saturated rings. The molecule has 2 aromatic carbocycles. The maximum absolute atomic E-state index is 11.7. The fourth-order valence-electron chi connectivity index (χ4n) is 1.93. The van der Waals surface area contributed by atoms with Crippen molar-refractivity contribution in [2.45, 2.75) is 13.0 Å². The molecule has 0 atom stereocenters. The number of hydrogen-bond acceptors (Lipinski definition) is 3. The van der Waals surface area contributed by atoms with Gasteiger partial charge in [0, 0.05) is 11.6 Å². The minimum atomic E-state index is -0.890. The molecule has 2 N–H and O–H groups in total. The second kappa shape index (κ2) is 8.19. The molecule has 6 heteroatoms. The number of carboxylic acid groups (broad SMARTS) is 1. The third kappa shape index (κ3) is 6.00. The molecule has 0 unspecified atom stereocenters. The van der Waals surface area contributed by atoms with Crippen LogP contribution in [0.2, 0.25) is 5.02 Å². The molecular weight excluding hydrogens is 318 g/mol. The van der Waals surface area contributed by atoms with Gasteiger partial charge in [-0.2, -0.15) is 0 Å². The van der Waals surface area contributed by atoms with Crippen LogP contribution in [0.3, 0.4) is 0 Å². The molecular formula is C17H16ClNO4. The van der Waals surface area contributed by atoms with Crippen molar-refractivity contribution in [1.29, 1.82) is 0 Å². The number of ether oxygens (including phenoxy) is 1. The fraction of sp³-hybridized carbons (Fsp3) is 0.176. The Hall–Kier alpha value is -2.53. The summed E-state index contributed by atoms with van der Waals surface area (Å²) in [6, 6.07) is 13.8. The predicted octanol–water partition coefficient (Wildman–Crippen LogP) is 2.66. The summed E-state index contributed by atoms with van der Waals surface area (Å²) >= 11 is 5.87. The van der Waals surface area contributed by atoms with Crippen LogP contribution in [0.1, 0.15) is 11.1 Å². The van der Waals surface area contributed by atoms with Crippen LogP contribution in [-0.4, -0.2) is 23.6 Å². The van der Waals surface area contributed by atoms with E-state index in [0.717, 1.165) is 5.56 Å². The largest absolute Gasteiger partial charge is 0.484 e. The quantitative estimate of drug-likeness (QED) is 0.816. The summed E-state index contributed by atoms with van der Waals surface area (Å²) in [6.45, 7) is 0.263. The first kappa shape index (κ1) is 16.8. The first-order valence-corrected chi connectivity index (χ1v) is 7.35. The smallest absolute Gasteiger partial charge is 0.307 e. The number of aliphatic carboxylic acids is 1. The predicted molar refractivity (Wildman–Crippen MR) is 86.6 cm³/mol. The molecule has 0 spiro atoms. The summed E-state index contributed by atoms with van der Waals surface area (Å²) in [5.74, 6) is -0.629. The highest BCUT2D eigenvalue weighted by Gasteiger charge is 2.04. The highest BCUT2D eigenvalue weighted by atomic mass is 35.5. The minimum absolute atomic E-state index is 0.0413.